The number of carbonyl (C=O) groups is 1. The number of anilines is 2. The SMILES string of the molecule is C[C@@H](Nc1nccc(N2CCCOC2=O)n1)c1cc2cccc(Cl)c2[nH]c1=O. The fraction of sp³-hybridized carbons (Fsp3) is 0.263. The van der Waals surface area contributed by atoms with Gasteiger partial charge in [0.05, 0.1) is 23.2 Å². The standard InChI is InChI=1S/C19H18ClN5O3/c1-11(13-10-12-4-2-5-14(20)16(12)24-17(13)26)22-18-21-7-6-15(23-18)25-8-3-9-28-19(25)27/h2,4-7,10-11H,3,8-9H2,1H3,(H,24,26)(H,21,22,23)/t11-/m1/s1. The van der Waals surface area contributed by atoms with Crippen LogP contribution < -0.4 is 15.8 Å². The molecule has 1 aliphatic heterocycles. The molecule has 3 aromatic rings. The number of benzene rings is 1. The number of nitrogens with one attached hydrogen (secondary N) is 2. The van der Waals surface area contributed by atoms with Gasteiger partial charge in [-0.2, -0.15) is 4.98 Å². The van der Waals surface area contributed by atoms with Crippen LogP contribution >= 0.6 is 11.6 Å². The molecule has 1 aliphatic rings. The third kappa shape index (κ3) is 3.50. The van der Waals surface area contributed by atoms with Crippen LogP contribution in [0.25, 0.3) is 10.9 Å². The minimum atomic E-state index is -0.424. The summed E-state index contributed by atoms with van der Waals surface area (Å²) in [6.07, 6.45) is 1.87. The van der Waals surface area contributed by atoms with Crippen LogP contribution in [0.5, 0.6) is 0 Å². The second-order valence-electron chi connectivity index (χ2n) is 6.48. The number of rotatable bonds is 4. The smallest absolute Gasteiger partial charge is 0.415 e. The number of halogens is 1. The van der Waals surface area contributed by atoms with Crippen molar-refractivity contribution in [3.05, 3.63) is 57.5 Å². The Bertz CT molecular complexity index is 1100. The molecule has 8 nitrogen and oxygen atoms in total. The van der Waals surface area contributed by atoms with Gasteiger partial charge in [-0.25, -0.2) is 9.78 Å². The number of pyridine rings is 1. The molecule has 28 heavy (non-hydrogen) atoms. The number of amides is 1. The lowest BCUT2D eigenvalue weighted by atomic mass is 10.1. The number of cyclic esters (lactones) is 1. The summed E-state index contributed by atoms with van der Waals surface area (Å²) in [4.78, 5) is 37.3. The Hall–Kier alpha value is -3.13. The van der Waals surface area contributed by atoms with E-state index in [2.05, 4.69) is 20.3 Å². The maximum atomic E-state index is 12.5. The molecule has 1 atom stereocenters. The molecule has 0 spiro atoms. The minimum absolute atomic E-state index is 0.239. The Kier molecular flexibility index (Phi) is 4.87. The van der Waals surface area contributed by atoms with Crippen LogP contribution in [0.3, 0.4) is 0 Å². The lowest BCUT2D eigenvalue weighted by Gasteiger charge is -2.25. The van der Waals surface area contributed by atoms with E-state index < -0.39 is 6.09 Å². The maximum Gasteiger partial charge on any atom is 0.415 e. The monoisotopic (exact) mass is 399 g/mol. The fourth-order valence-electron chi connectivity index (χ4n) is 3.13. The first-order valence-corrected chi connectivity index (χ1v) is 9.26. The number of fused-ring (bicyclic) bond motifs is 1. The Morgan fingerprint density at radius 1 is 1.32 bits per heavy atom. The summed E-state index contributed by atoms with van der Waals surface area (Å²) < 4.78 is 5.05. The zero-order valence-electron chi connectivity index (χ0n) is 15.1. The van der Waals surface area contributed by atoms with E-state index in [1.807, 2.05) is 19.1 Å². The Morgan fingerprint density at radius 2 is 2.18 bits per heavy atom. The zero-order chi connectivity index (χ0) is 19.7. The molecule has 9 heteroatoms. The average Bonchev–Trinajstić information content (AvgIpc) is 2.69. The van der Waals surface area contributed by atoms with Crippen LogP contribution in [-0.2, 0) is 4.74 Å². The molecule has 1 fully saturated rings. The number of nitrogens with zero attached hydrogens (tertiary/aromatic N) is 3. The van der Waals surface area contributed by atoms with Gasteiger partial charge < -0.3 is 15.0 Å². The molecule has 0 aliphatic carbocycles. The van der Waals surface area contributed by atoms with Crippen LogP contribution in [0.15, 0.2) is 41.3 Å². The predicted molar refractivity (Wildman–Crippen MR) is 107 cm³/mol. The van der Waals surface area contributed by atoms with E-state index in [1.165, 1.54) is 4.90 Å². The van der Waals surface area contributed by atoms with Gasteiger partial charge in [0.25, 0.3) is 5.56 Å². The molecule has 4 rings (SSSR count). The van der Waals surface area contributed by atoms with E-state index in [0.29, 0.717) is 41.0 Å². The first-order valence-electron chi connectivity index (χ1n) is 8.88. The largest absolute Gasteiger partial charge is 0.449 e. The summed E-state index contributed by atoms with van der Waals surface area (Å²) in [6, 6.07) is 8.51. The van der Waals surface area contributed by atoms with E-state index in [4.69, 9.17) is 16.3 Å². The Balaban J connectivity index is 1.60. The van der Waals surface area contributed by atoms with Crippen molar-refractivity contribution in [2.24, 2.45) is 0 Å². The first-order chi connectivity index (χ1) is 13.5. The van der Waals surface area contributed by atoms with Gasteiger partial charge in [-0.1, -0.05) is 23.7 Å². The number of hydrogen-bond acceptors (Lipinski definition) is 6. The number of hydrogen-bond donors (Lipinski definition) is 2. The Labute approximate surface area is 165 Å². The van der Waals surface area contributed by atoms with Crippen LogP contribution in [0.2, 0.25) is 5.02 Å². The summed E-state index contributed by atoms with van der Waals surface area (Å²) in [7, 11) is 0. The topological polar surface area (TPSA) is 100 Å². The molecule has 0 unspecified atom stereocenters. The first kappa shape index (κ1) is 18.2. The summed E-state index contributed by atoms with van der Waals surface area (Å²) >= 11 is 6.15. The predicted octanol–water partition coefficient (Wildman–Crippen LogP) is 3.49. The molecule has 2 N–H and O–H groups in total. The van der Waals surface area contributed by atoms with Gasteiger partial charge in [-0.15, -0.1) is 0 Å². The molecule has 0 bridgehead atoms. The average molecular weight is 400 g/mol. The minimum Gasteiger partial charge on any atom is -0.449 e. The number of ether oxygens (including phenoxy) is 1. The number of carbonyl (C=O) groups excluding carboxylic acids is 1. The van der Waals surface area contributed by atoms with Gasteiger partial charge in [0.1, 0.15) is 5.82 Å². The highest BCUT2D eigenvalue weighted by Crippen LogP contribution is 2.24. The number of aromatic nitrogens is 3. The number of para-hydroxylation sites is 1. The van der Waals surface area contributed by atoms with Gasteiger partial charge >= 0.3 is 6.09 Å². The normalized spacial score (nSPS) is 15.4. The van der Waals surface area contributed by atoms with Crippen molar-refractivity contribution in [2.45, 2.75) is 19.4 Å². The molecular weight excluding hydrogens is 382 g/mol. The summed E-state index contributed by atoms with van der Waals surface area (Å²) in [5.41, 5.74) is 0.893. The highest BCUT2D eigenvalue weighted by Gasteiger charge is 2.23. The third-order valence-corrected chi connectivity index (χ3v) is 4.87. The third-order valence-electron chi connectivity index (χ3n) is 4.56. The Morgan fingerprint density at radius 3 is 3.00 bits per heavy atom. The lowest BCUT2D eigenvalue weighted by molar-refractivity contribution is 0.140. The van der Waals surface area contributed by atoms with E-state index in [1.54, 1.807) is 24.4 Å². The molecule has 1 amide bonds. The van der Waals surface area contributed by atoms with Crippen molar-refractivity contribution >= 4 is 40.4 Å². The van der Waals surface area contributed by atoms with Crippen molar-refractivity contribution in [3.8, 4) is 0 Å². The number of aromatic amines is 1. The lowest BCUT2D eigenvalue weighted by Crippen LogP contribution is -2.38. The maximum absolute atomic E-state index is 12.5. The van der Waals surface area contributed by atoms with E-state index in [-0.39, 0.29) is 11.6 Å². The van der Waals surface area contributed by atoms with E-state index in [9.17, 15) is 9.59 Å². The van der Waals surface area contributed by atoms with E-state index >= 15 is 0 Å². The summed E-state index contributed by atoms with van der Waals surface area (Å²) in [5, 5.41) is 4.45. The van der Waals surface area contributed by atoms with Gasteiger partial charge in [0.15, 0.2) is 0 Å². The van der Waals surface area contributed by atoms with Crippen LogP contribution in [0, 0.1) is 0 Å². The van der Waals surface area contributed by atoms with Crippen molar-refractivity contribution < 1.29 is 9.53 Å². The molecule has 3 heterocycles. The van der Waals surface area contributed by atoms with Gasteiger partial charge in [-0.05, 0) is 31.5 Å². The fourth-order valence-corrected chi connectivity index (χ4v) is 3.36. The second-order valence-corrected chi connectivity index (χ2v) is 6.89. The van der Waals surface area contributed by atoms with Gasteiger partial charge in [0.2, 0.25) is 5.95 Å². The molecule has 1 saturated heterocycles. The second kappa shape index (κ2) is 7.47. The molecule has 0 radical (unpaired) electrons. The van der Waals surface area contributed by atoms with Crippen molar-refractivity contribution in [1.82, 2.24) is 15.0 Å². The number of H-pyrrole nitrogens is 1. The van der Waals surface area contributed by atoms with Gasteiger partial charge in [0, 0.05) is 23.7 Å². The summed E-state index contributed by atoms with van der Waals surface area (Å²) in [6.45, 7) is 2.79. The molecule has 2 aromatic heterocycles. The highest BCUT2D eigenvalue weighted by molar-refractivity contribution is 6.35. The molecule has 1 aromatic carbocycles. The summed E-state index contributed by atoms with van der Waals surface area (Å²) in [5.74, 6) is 0.766. The molecule has 0 saturated carbocycles. The van der Waals surface area contributed by atoms with Gasteiger partial charge in [-0.3, -0.25) is 9.69 Å². The van der Waals surface area contributed by atoms with E-state index in [0.717, 1.165) is 11.8 Å². The van der Waals surface area contributed by atoms with Crippen LogP contribution in [0.4, 0.5) is 16.6 Å². The van der Waals surface area contributed by atoms with Crippen molar-refractivity contribution in [2.75, 3.05) is 23.4 Å². The van der Waals surface area contributed by atoms with Crippen molar-refractivity contribution in [3.63, 3.8) is 0 Å². The molecular formula is C19H18ClN5O3. The zero-order valence-corrected chi connectivity index (χ0v) is 15.9. The van der Waals surface area contributed by atoms with Crippen LogP contribution in [-0.4, -0.2) is 34.2 Å². The molecule has 144 valence electrons. The van der Waals surface area contributed by atoms with Crippen molar-refractivity contribution in [1.29, 1.82) is 0 Å². The van der Waals surface area contributed by atoms with Crippen LogP contribution in [0.1, 0.15) is 24.9 Å². The quantitative estimate of drug-likeness (QED) is 0.696. The highest BCUT2D eigenvalue weighted by atomic mass is 35.5.